The molecule has 15 heavy (non-hydrogen) atoms. The third kappa shape index (κ3) is 2.75. The van der Waals surface area contributed by atoms with Crippen molar-refractivity contribution in [2.75, 3.05) is 38.0 Å². The van der Waals surface area contributed by atoms with Gasteiger partial charge in [-0.2, -0.15) is 0 Å². The van der Waals surface area contributed by atoms with Gasteiger partial charge >= 0.3 is 0 Å². The number of hydrogen-bond donors (Lipinski definition) is 1. The number of pyridine rings is 1. The number of ether oxygens (including phenoxy) is 1. The number of anilines is 2. The van der Waals surface area contributed by atoms with Gasteiger partial charge in [0.2, 0.25) is 5.88 Å². The molecule has 0 atom stereocenters. The van der Waals surface area contributed by atoms with E-state index in [-0.39, 0.29) is 0 Å². The zero-order valence-electron chi connectivity index (χ0n) is 9.87. The summed E-state index contributed by atoms with van der Waals surface area (Å²) in [5, 5.41) is 3.33. The quantitative estimate of drug-likeness (QED) is 0.804. The fourth-order valence-corrected chi connectivity index (χ4v) is 1.38. The van der Waals surface area contributed by atoms with Gasteiger partial charge in [-0.15, -0.1) is 0 Å². The molecule has 0 aromatic carbocycles. The van der Waals surface area contributed by atoms with E-state index < -0.39 is 0 Å². The molecule has 0 radical (unpaired) electrons. The lowest BCUT2D eigenvalue weighted by Gasteiger charge is -2.19. The summed E-state index contributed by atoms with van der Waals surface area (Å²) in [5.74, 6) is 0.648. The highest BCUT2D eigenvalue weighted by atomic mass is 16.5. The van der Waals surface area contributed by atoms with Crippen molar-refractivity contribution in [3.05, 3.63) is 12.3 Å². The Morgan fingerprint density at radius 1 is 1.47 bits per heavy atom. The van der Waals surface area contributed by atoms with E-state index in [1.54, 1.807) is 13.3 Å². The summed E-state index contributed by atoms with van der Waals surface area (Å²) < 4.78 is 5.23. The molecule has 4 nitrogen and oxygen atoms in total. The summed E-state index contributed by atoms with van der Waals surface area (Å²) >= 11 is 0. The molecule has 0 unspecified atom stereocenters. The van der Waals surface area contributed by atoms with Crippen LogP contribution in [-0.2, 0) is 0 Å². The van der Waals surface area contributed by atoms with Crippen LogP contribution in [0.1, 0.15) is 13.3 Å². The summed E-state index contributed by atoms with van der Waals surface area (Å²) in [6, 6.07) is 1.97. The van der Waals surface area contributed by atoms with E-state index in [1.165, 1.54) is 0 Å². The minimum Gasteiger partial charge on any atom is -0.479 e. The molecule has 1 N–H and O–H groups in total. The Morgan fingerprint density at radius 3 is 2.73 bits per heavy atom. The Kier molecular flexibility index (Phi) is 4.21. The van der Waals surface area contributed by atoms with E-state index >= 15 is 0 Å². The van der Waals surface area contributed by atoms with Crippen molar-refractivity contribution in [2.45, 2.75) is 13.3 Å². The smallest absolute Gasteiger partial charge is 0.239 e. The Balaban J connectivity index is 3.03. The standard InChI is InChI=1S/C11H19N3O/c1-5-7-12-10-9(14(2)3)6-8-13-11(10)15-4/h6,8,12H,5,7H2,1-4H3. The van der Waals surface area contributed by atoms with Crippen LogP contribution < -0.4 is 15.0 Å². The second-order valence-corrected chi connectivity index (χ2v) is 3.54. The Hall–Kier alpha value is -1.45. The molecule has 84 valence electrons. The molecule has 0 fully saturated rings. The lowest BCUT2D eigenvalue weighted by atomic mass is 10.3. The molecule has 1 aromatic heterocycles. The van der Waals surface area contributed by atoms with Crippen molar-refractivity contribution in [1.82, 2.24) is 4.98 Å². The molecule has 0 spiro atoms. The summed E-state index contributed by atoms with van der Waals surface area (Å²) in [4.78, 5) is 6.23. The predicted octanol–water partition coefficient (Wildman–Crippen LogP) is 1.98. The zero-order chi connectivity index (χ0) is 11.3. The highest BCUT2D eigenvalue weighted by molar-refractivity contribution is 5.74. The van der Waals surface area contributed by atoms with Gasteiger partial charge in [0.15, 0.2) is 0 Å². The lowest BCUT2D eigenvalue weighted by Crippen LogP contribution is -2.13. The highest BCUT2D eigenvalue weighted by Crippen LogP contribution is 2.31. The number of rotatable bonds is 5. The molecular formula is C11H19N3O. The normalized spacial score (nSPS) is 9.87. The molecule has 1 rings (SSSR count). The van der Waals surface area contributed by atoms with Crippen molar-refractivity contribution >= 4 is 11.4 Å². The fourth-order valence-electron chi connectivity index (χ4n) is 1.38. The van der Waals surface area contributed by atoms with Crippen molar-refractivity contribution in [1.29, 1.82) is 0 Å². The van der Waals surface area contributed by atoms with Crippen LogP contribution >= 0.6 is 0 Å². The number of nitrogens with zero attached hydrogens (tertiary/aromatic N) is 2. The van der Waals surface area contributed by atoms with Gasteiger partial charge in [-0.1, -0.05) is 6.92 Å². The topological polar surface area (TPSA) is 37.4 Å². The molecule has 0 saturated heterocycles. The molecule has 1 aromatic rings. The van der Waals surface area contributed by atoms with Crippen LogP contribution in [0.4, 0.5) is 11.4 Å². The molecule has 0 saturated carbocycles. The molecule has 4 heteroatoms. The molecule has 0 aliphatic heterocycles. The highest BCUT2D eigenvalue weighted by Gasteiger charge is 2.10. The summed E-state index contributed by atoms with van der Waals surface area (Å²) in [6.07, 6.45) is 2.83. The molecule has 0 aliphatic rings. The van der Waals surface area contributed by atoms with E-state index in [0.29, 0.717) is 5.88 Å². The average molecular weight is 209 g/mol. The van der Waals surface area contributed by atoms with E-state index in [0.717, 1.165) is 24.3 Å². The van der Waals surface area contributed by atoms with Crippen molar-refractivity contribution in [3.8, 4) is 5.88 Å². The first-order valence-corrected chi connectivity index (χ1v) is 5.14. The van der Waals surface area contributed by atoms with E-state index in [1.807, 2.05) is 25.1 Å². The minimum atomic E-state index is 0.648. The number of aromatic nitrogens is 1. The molecule has 0 amide bonds. The number of nitrogens with one attached hydrogen (secondary N) is 1. The van der Waals surface area contributed by atoms with Crippen LogP contribution in [0.2, 0.25) is 0 Å². The Labute approximate surface area is 91.3 Å². The molecule has 0 aliphatic carbocycles. The Bertz CT molecular complexity index is 313. The van der Waals surface area contributed by atoms with Gasteiger partial charge < -0.3 is 15.0 Å². The van der Waals surface area contributed by atoms with Gasteiger partial charge in [0.1, 0.15) is 5.69 Å². The van der Waals surface area contributed by atoms with E-state index in [4.69, 9.17) is 4.74 Å². The second-order valence-electron chi connectivity index (χ2n) is 3.54. The van der Waals surface area contributed by atoms with Crippen LogP contribution in [0.15, 0.2) is 12.3 Å². The molecule has 1 heterocycles. The van der Waals surface area contributed by atoms with Gasteiger partial charge in [0.05, 0.1) is 12.8 Å². The van der Waals surface area contributed by atoms with Gasteiger partial charge in [0, 0.05) is 26.8 Å². The van der Waals surface area contributed by atoms with Crippen LogP contribution in [0.5, 0.6) is 5.88 Å². The number of methoxy groups -OCH3 is 1. The lowest BCUT2D eigenvalue weighted by molar-refractivity contribution is 0.400. The fraction of sp³-hybridized carbons (Fsp3) is 0.545. The monoisotopic (exact) mass is 209 g/mol. The third-order valence-corrected chi connectivity index (χ3v) is 2.12. The van der Waals surface area contributed by atoms with Crippen LogP contribution in [0, 0.1) is 0 Å². The maximum atomic E-state index is 5.23. The largest absolute Gasteiger partial charge is 0.479 e. The minimum absolute atomic E-state index is 0.648. The van der Waals surface area contributed by atoms with Gasteiger partial charge in [-0.3, -0.25) is 0 Å². The van der Waals surface area contributed by atoms with Crippen LogP contribution in [0.25, 0.3) is 0 Å². The summed E-state index contributed by atoms with van der Waals surface area (Å²) in [5.41, 5.74) is 2.06. The SMILES string of the molecule is CCCNc1c(N(C)C)ccnc1OC. The summed E-state index contributed by atoms with van der Waals surface area (Å²) in [6.45, 7) is 3.05. The second kappa shape index (κ2) is 5.44. The predicted molar refractivity (Wildman–Crippen MR) is 63.9 cm³/mol. The van der Waals surface area contributed by atoms with Crippen LogP contribution in [-0.4, -0.2) is 32.7 Å². The van der Waals surface area contributed by atoms with E-state index in [9.17, 15) is 0 Å². The first kappa shape index (κ1) is 11.6. The molecule has 0 bridgehead atoms. The maximum Gasteiger partial charge on any atom is 0.239 e. The van der Waals surface area contributed by atoms with Crippen molar-refractivity contribution in [3.63, 3.8) is 0 Å². The maximum absolute atomic E-state index is 5.23. The van der Waals surface area contributed by atoms with Crippen molar-refractivity contribution < 1.29 is 4.74 Å². The van der Waals surface area contributed by atoms with Gasteiger partial charge in [-0.25, -0.2) is 4.98 Å². The van der Waals surface area contributed by atoms with E-state index in [2.05, 4.69) is 17.2 Å². The van der Waals surface area contributed by atoms with Crippen molar-refractivity contribution in [2.24, 2.45) is 0 Å². The average Bonchev–Trinajstić information content (AvgIpc) is 2.25. The van der Waals surface area contributed by atoms with Gasteiger partial charge in [0.25, 0.3) is 0 Å². The zero-order valence-corrected chi connectivity index (χ0v) is 9.87. The van der Waals surface area contributed by atoms with Gasteiger partial charge in [-0.05, 0) is 12.5 Å². The Morgan fingerprint density at radius 2 is 2.20 bits per heavy atom. The van der Waals surface area contributed by atoms with Crippen LogP contribution in [0.3, 0.4) is 0 Å². The summed E-state index contributed by atoms with van der Waals surface area (Å²) in [7, 11) is 5.65. The first-order valence-electron chi connectivity index (χ1n) is 5.14. The first-order chi connectivity index (χ1) is 7.20. The number of hydrogen-bond acceptors (Lipinski definition) is 4. The molecular weight excluding hydrogens is 190 g/mol. The third-order valence-electron chi connectivity index (χ3n) is 2.12.